The number of carbonyl (C=O) groups is 1. The highest BCUT2D eigenvalue weighted by Crippen LogP contribution is 2.14. The maximum Gasteiger partial charge on any atom is 0.298 e. The van der Waals surface area contributed by atoms with Crippen LogP contribution in [-0.4, -0.2) is 36.5 Å². The molecule has 0 aliphatic heterocycles. The quantitative estimate of drug-likeness (QED) is 0.602. The molecule has 0 saturated carbocycles. The summed E-state index contributed by atoms with van der Waals surface area (Å²) in [6, 6.07) is 1.34. The Labute approximate surface area is 98.4 Å². The number of hydrogen-bond donors (Lipinski definition) is 2. The van der Waals surface area contributed by atoms with Gasteiger partial charge in [-0.05, 0) is 16.8 Å². The average Bonchev–Trinajstić information content (AvgIpc) is 2.68. The van der Waals surface area contributed by atoms with Crippen molar-refractivity contribution >= 4 is 34.9 Å². The Kier molecular flexibility index (Phi) is 2.93. The lowest BCUT2D eigenvalue weighted by molar-refractivity contribution is 0.101. The van der Waals surface area contributed by atoms with E-state index in [2.05, 4.69) is 35.9 Å². The molecule has 0 unspecified atom stereocenters. The first kappa shape index (κ1) is 10.7. The zero-order valence-corrected chi connectivity index (χ0v) is 8.99. The van der Waals surface area contributed by atoms with E-state index in [9.17, 15) is 4.79 Å². The molecule has 1 amide bonds. The summed E-state index contributed by atoms with van der Waals surface area (Å²) >= 11 is 11.2. The number of H-pyrrole nitrogens is 1. The number of amides is 1. The summed E-state index contributed by atoms with van der Waals surface area (Å²) in [5, 5.41) is 14.8. The first-order valence-electron chi connectivity index (χ1n) is 3.90. The number of nitrogens with one attached hydrogen (secondary N) is 2. The predicted molar refractivity (Wildman–Crippen MR) is 54.2 cm³/mol. The first-order valence-corrected chi connectivity index (χ1v) is 4.65. The number of rotatable bonds is 2. The average molecular weight is 260 g/mol. The van der Waals surface area contributed by atoms with Crippen LogP contribution in [0.5, 0.6) is 0 Å². The van der Waals surface area contributed by atoms with E-state index in [1.165, 1.54) is 6.07 Å². The van der Waals surface area contributed by atoms with Gasteiger partial charge in [0.15, 0.2) is 0 Å². The van der Waals surface area contributed by atoms with Crippen LogP contribution in [0, 0.1) is 0 Å². The van der Waals surface area contributed by atoms with Crippen molar-refractivity contribution in [3.63, 3.8) is 0 Å². The van der Waals surface area contributed by atoms with E-state index in [1.54, 1.807) is 0 Å². The molecule has 0 aliphatic carbocycles. The Morgan fingerprint density at radius 2 is 2.19 bits per heavy atom. The molecule has 0 aliphatic rings. The van der Waals surface area contributed by atoms with Crippen molar-refractivity contribution in [2.45, 2.75) is 0 Å². The molecule has 2 aromatic rings. The monoisotopic (exact) mass is 259 g/mol. The lowest BCUT2D eigenvalue weighted by Crippen LogP contribution is -2.15. The Hall–Kier alpha value is -1.80. The third-order valence-corrected chi connectivity index (χ3v) is 1.82. The SMILES string of the molecule is O=C(Nc1cc(Cl)nc(Cl)n1)c1nn[nH]n1. The minimum absolute atomic E-state index is 0.0732. The van der Waals surface area contributed by atoms with Gasteiger partial charge in [0, 0.05) is 6.07 Å². The minimum Gasteiger partial charge on any atom is -0.303 e. The summed E-state index contributed by atoms with van der Waals surface area (Å²) in [4.78, 5) is 18.8. The lowest BCUT2D eigenvalue weighted by Gasteiger charge is -2.01. The molecule has 0 saturated heterocycles. The van der Waals surface area contributed by atoms with Gasteiger partial charge in [-0.25, -0.2) is 9.97 Å². The van der Waals surface area contributed by atoms with Crippen LogP contribution in [0.2, 0.25) is 10.4 Å². The van der Waals surface area contributed by atoms with Crippen LogP contribution < -0.4 is 5.32 Å². The molecule has 0 fully saturated rings. The van der Waals surface area contributed by atoms with Crippen LogP contribution in [-0.2, 0) is 0 Å². The van der Waals surface area contributed by atoms with E-state index >= 15 is 0 Å². The van der Waals surface area contributed by atoms with Crippen LogP contribution in [0.4, 0.5) is 5.82 Å². The van der Waals surface area contributed by atoms with Crippen molar-refractivity contribution in [2.75, 3.05) is 5.32 Å². The van der Waals surface area contributed by atoms with Gasteiger partial charge in [0.1, 0.15) is 11.0 Å². The molecule has 0 aromatic carbocycles. The predicted octanol–water partition coefficient (Wildman–Crippen LogP) is 0.549. The number of anilines is 1. The van der Waals surface area contributed by atoms with Crippen LogP contribution >= 0.6 is 23.2 Å². The first-order chi connectivity index (χ1) is 7.65. The fourth-order valence-electron chi connectivity index (χ4n) is 0.884. The molecule has 2 rings (SSSR count). The summed E-state index contributed by atoms with van der Waals surface area (Å²) in [5.41, 5.74) is 0. The Balaban J connectivity index is 2.18. The van der Waals surface area contributed by atoms with Crippen LogP contribution in [0.15, 0.2) is 6.07 Å². The largest absolute Gasteiger partial charge is 0.303 e. The Morgan fingerprint density at radius 3 is 2.81 bits per heavy atom. The van der Waals surface area contributed by atoms with Gasteiger partial charge in [0.2, 0.25) is 5.28 Å². The van der Waals surface area contributed by atoms with Gasteiger partial charge in [-0.2, -0.15) is 5.21 Å². The maximum absolute atomic E-state index is 11.5. The molecule has 0 bridgehead atoms. The van der Waals surface area contributed by atoms with Crippen molar-refractivity contribution in [3.05, 3.63) is 22.3 Å². The molecule has 8 nitrogen and oxygen atoms in total. The molecular weight excluding hydrogens is 257 g/mol. The standard InChI is InChI=1S/C6H3Cl2N7O/c7-2-1-3(11-6(8)9-2)10-5(16)4-12-14-15-13-4/h1H,(H,9,10,11,16)(H,12,13,14,15). The zero-order chi connectivity index (χ0) is 11.5. The molecule has 10 heteroatoms. The van der Waals surface area contributed by atoms with Gasteiger partial charge in [-0.1, -0.05) is 11.6 Å². The molecular formula is C6H3Cl2N7O. The third kappa shape index (κ3) is 2.41. The van der Waals surface area contributed by atoms with E-state index < -0.39 is 5.91 Å². The van der Waals surface area contributed by atoms with E-state index in [0.29, 0.717) is 0 Å². The maximum atomic E-state index is 11.5. The summed E-state index contributed by atoms with van der Waals surface area (Å²) in [7, 11) is 0. The number of aromatic amines is 1. The molecule has 0 spiro atoms. The van der Waals surface area contributed by atoms with E-state index in [-0.39, 0.29) is 22.1 Å². The second-order valence-corrected chi connectivity index (χ2v) is 3.26. The van der Waals surface area contributed by atoms with Gasteiger partial charge in [-0.3, -0.25) is 4.79 Å². The fourth-order valence-corrected chi connectivity index (χ4v) is 1.29. The summed E-state index contributed by atoms with van der Waals surface area (Å²) in [5.74, 6) is -0.551. The number of halogens is 2. The molecule has 0 radical (unpaired) electrons. The highest BCUT2D eigenvalue weighted by atomic mass is 35.5. The van der Waals surface area contributed by atoms with Crippen LogP contribution in [0.3, 0.4) is 0 Å². The summed E-state index contributed by atoms with van der Waals surface area (Å²) < 4.78 is 0. The molecule has 82 valence electrons. The highest BCUT2D eigenvalue weighted by molar-refractivity contribution is 6.32. The van der Waals surface area contributed by atoms with Crippen molar-refractivity contribution < 1.29 is 4.79 Å². The van der Waals surface area contributed by atoms with Gasteiger partial charge in [0.05, 0.1) is 0 Å². The topological polar surface area (TPSA) is 109 Å². The van der Waals surface area contributed by atoms with E-state index in [0.717, 1.165) is 0 Å². The number of nitrogens with zero attached hydrogens (tertiary/aromatic N) is 5. The molecule has 0 atom stereocenters. The van der Waals surface area contributed by atoms with Crippen LogP contribution in [0.25, 0.3) is 0 Å². The summed E-state index contributed by atoms with van der Waals surface area (Å²) in [6.45, 7) is 0. The number of tetrazole rings is 1. The molecule has 2 heterocycles. The second-order valence-electron chi connectivity index (χ2n) is 2.53. The molecule has 2 N–H and O–H groups in total. The fraction of sp³-hybridized carbons (Fsp3) is 0. The van der Waals surface area contributed by atoms with Crippen molar-refractivity contribution in [1.82, 2.24) is 30.6 Å². The summed E-state index contributed by atoms with van der Waals surface area (Å²) in [6.07, 6.45) is 0. The molecule has 2 aromatic heterocycles. The van der Waals surface area contributed by atoms with Gasteiger partial charge >= 0.3 is 0 Å². The number of carbonyl (C=O) groups excluding carboxylic acids is 1. The molecule has 16 heavy (non-hydrogen) atoms. The zero-order valence-electron chi connectivity index (χ0n) is 7.48. The van der Waals surface area contributed by atoms with Gasteiger partial charge < -0.3 is 5.32 Å². The van der Waals surface area contributed by atoms with Crippen molar-refractivity contribution in [3.8, 4) is 0 Å². The number of hydrogen-bond acceptors (Lipinski definition) is 6. The Morgan fingerprint density at radius 1 is 1.38 bits per heavy atom. The van der Waals surface area contributed by atoms with Crippen molar-refractivity contribution in [1.29, 1.82) is 0 Å². The number of aromatic nitrogens is 6. The normalized spacial score (nSPS) is 10.1. The third-order valence-electron chi connectivity index (χ3n) is 1.46. The second kappa shape index (κ2) is 4.37. The highest BCUT2D eigenvalue weighted by Gasteiger charge is 2.12. The van der Waals surface area contributed by atoms with E-state index in [4.69, 9.17) is 23.2 Å². The smallest absolute Gasteiger partial charge is 0.298 e. The minimum atomic E-state index is -0.584. The lowest BCUT2D eigenvalue weighted by atomic mass is 10.5. The Bertz CT molecular complexity index is 493. The van der Waals surface area contributed by atoms with Crippen molar-refractivity contribution in [2.24, 2.45) is 0 Å². The van der Waals surface area contributed by atoms with Gasteiger partial charge in [-0.15, -0.1) is 10.2 Å². The van der Waals surface area contributed by atoms with Crippen LogP contribution in [0.1, 0.15) is 10.6 Å². The van der Waals surface area contributed by atoms with Gasteiger partial charge in [0.25, 0.3) is 11.7 Å². The van der Waals surface area contributed by atoms with E-state index in [1.807, 2.05) is 0 Å².